The molecule has 6 bridgehead atoms. The lowest BCUT2D eigenvalue weighted by atomic mass is 9.84. The summed E-state index contributed by atoms with van der Waals surface area (Å²) in [6.45, 7) is 14.9. The number of aromatic nitrogens is 2. The number of hydrazine groups is 1. The molecule has 3 aliphatic rings. The highest BCUT2D eigenvalue weighted by Gasteiger charge is 2.39. The summed E-state index contributed by atoms with van der Waals surface area (Å²) in [6.07, 6.45) is 6.32. The Labute approximate surface area is 418 Å². The van der Waals surface area contributed by atoms with E-state index in [9.17, 15) is 29.1 Å². The second kappa shape index (κ2) is 22.4. The van der Waals surface area contributed by atoms with E-state index in [4.69, 9.17) is 14.5 Å². The minimum absolute atomic E-state index is 0.0121. The SMILES string of the molecule is CCn1c(-c2cccnc2[C@H](C)OC)c2c3cc(ccc31)-c1cc(O)cc(c1)C[C@H](NC(=O)C(C(C)C)N(C)C(=O)N1CCN(C(=O)/C=C/CN(C)C)CC1)C(=O)N1CCC[C@H](N1)C(=O)OCC(C)(C)C2. The van der Waals surface area contributed by atoms with Gasteiger partial charge in [0.15, 0.2) is 0 Å². The number of likely N-dealkylation sites (N-methyl/N-ethyl adjacent to an activating group) is 2. The molecule has 5 heterocycles. The van der Waals surface area contributed by atoms with Crippen LogP contribution in [0.4, 0.5) is 4.79 Å². The molecule has 0 spiro atoms. The number of piperazine rings is 1. The zero-order valence-corrected chi connectivity index (χ0v) is 43.2. The summed E-state index contributed by atoms with van der Waals surface area (Å²) in [7, 11) is 7.10. The molecule has 1 unspecified atom stereocenters. The molecule has 382 valence electrons. The first kappa shape index (κ1) is 52.5. The maximum Gasteiger partial charge on any atom is 0.324 e. The van der Waals surface area contributed by atoms with Gasteiger partial charge in [0.05, 0.1) is 24.1 Å². The van der Waals surface area contributed by atoms with E-state index in [1.807, 2.05) is 64.0 Å². The molecule has 2 saturated heterocycles. The van der Waals surface area contributed by atoms with Gasteiger partial charge in [0.1, 0.15) is 23.9 Å². The Morgan fingerprint density at radius 2 is 1.73 bits per heavy atom. The molecule has 0 aliphatic carbocycles. The van der Waals surface area contributed by atoms with Crippen molar-refractivity contribution in [3.63, 3.8) is 0 Å². The third-order valence-electron chi connectivity index (χ3n) is 13.9. The number of phenolic OH excluding ortho intramolecular Hbond substituents is 1. The first-order valence-electron chi connectivity index (χ1n) is 24.9. The van der Waals surface area contributed by atoms with Crippen molar-refractivity contribution in [2.24, 2.45) is 11.3 Å². The second-order valence-corrected chi connectivity index (χ2v) is 20.6. The molecule has 0 saturated carbocycles. The molecule has 17 heteroatoms. The van der Waals surface area contributed by atoms with E-state index in [1.165, 1.54) is 9.91 Å². The Hall–Kier alpha value is -6.30. The number of pyridine rings is 1. The third kappa shape index (κ3) is 11.9. The van der Waals surface area contributed by atoms with E-state index in [2.05, 4.69) is 54.3 Å². The second-order valence-electron chi connectivity index (χ2n) is 20.6. The lowest BCUT2D eigenvalue weighted by Gasteiger charge is -2.39. The molecule has 3 aliphatic heterocycles. The summed E-state index contributed by atoms with van der Waals surface area (Å²) in [5.41, 5.74) is 9.54. The molecule has 0 radical (unpaired) electrons. The third-order valence-corrected chi connectivity index (χ3v) is 13.9. The van der Waals surface area contributed by atoms with E-state index in [0.29, 0.717) is 69.7 Å². The number of carbonyl (C=O) groups is 5. The van der Waals surface area contributed by atoms with Crippen molar-refractivity contribution >= 4 is 40.6 Å². The normalized spacial score (nSPS) is 19.7. The molecule has 7 rings (SSSR count). The van der Waals surface area contributed by atoms with Crippen LogP contribution in [0.1, 0.15) is 77.3 Å². The van der Waals surface area contributed by atoms with E-state index in [1.54, 1.807) is 48.4 Å². The number of esters is 1. The van der Waals surface area contributed by atoms with Gasteiger partial charge in [0, 0.05) is 101 Å². The lowest BCUT2D eigenvalue weighted by molar-refractivity contribution is -0.155. The lowest BCUT2D eigenvalue weighted by Crippen LogP contribution is -2.63. The van der Waals surface area contributed by atoms with Crippen LogP contribution in [0.5, 0.6) is 5.75 Å². The van der Waals surface area contributed by atoms with Crippen molar-refractivity contribution in [1.82, 2.24) is 44.9 Å². The monoisotopic (exact) mass is 976 g/mol. The number of cyclic esters (lactones) is 1. The van der Waals surface area contributed by atoms with Crippen molar-refractivity contribution in [2.75, 3.05) is 74.1 Å². The van der Waals surface area contributed by atoms with Gasteiger partial charge in [0.2, 0.25) is 11.8 Å². The summed E-state index contributed by atoms with van der Waals surface area (Å²) in [4.78, 5) is 81.9. The summed E-state index contributed by atoms with van der Waals surface area (Å²) < 4.78 is 14.2. The molecule has 17 nitrogen and oxygen atoms in total. The van der Waals surface area contributed by atoms with Crippen LogP contribution in [0.15, 0.2) is 66.9 Å². The Morgan fingerprint density at radius 1 is 1.00 bits per heavy atom. The van der Waals surface area contributed by atoms with Gasteiger partial charge in [-0.2, -0.15) is 0 Å². The minimum atomic E-state index is -1.17. The van der Waals surface area contributed by atoms with Gasteiger partial charge < -0.3 is 44.1 Å². The van der Waals surface area contributed by atoms with Gasteiger partial charge in [-0.15, -0.1) is 0 Å². The zero-order valence-electron chi connectivity index (χ0n) is 43.2. The predicted octanol–water partition coefficient (Wildman–Crippen LogP) is 5.79. The quantitative estimate of drug-likeness (QED) is 0.122. The van der Waals surface area contributed by atoms with Crippen LogP contribution in [0.25, 0.3) is 33.3 Å². The number of carbonyl (C=O) groups excluding carboxylic acids is 5. The van der Waals surface area contributed by atoms with Crippen molar-refractivity contribution in [3.05, 3.63) is 83.7 Å². The number of nitrogens with one attached hydrogen (secondary N) is 2. The van der Waals surface area contributed by atoms with Crippen molar-refractivity contribution in [3.8, 4) is 28.1 Å². The molecule has 5 amide bonds. The average molecular weight is 976 g/mol. The maximum absolute atomic E-state index is 14.8. The molecule has 3 N–H and O–H groups in total. The molecule has 2 aromatic heterocycles. The number of hydrogen-bond donors (Lipinski definition) is 3. The van der Waals surface area contributed by atoms with Crippen LogP contribution in [0.2, 0.25) is 0 Å². The summed E-state index contributed by atoms with van der Waals surface area (Å²) >= 11 is 0. The number of aromatic hydroxyl groups is 1. The molecular formula is C54H73N9O8. The fourth-order valence-corrected chi connectivity index (χ4v) is 10.2. The molecule has 71 heavy (non-hydrogen) atoms. The van der Waals surface area contributed by atoms with Gasteiger partial charge in [-0.3, -0.25) is 29.2 Å². The predicted molar refractivity (Wildman–Crippen MR) is 273 cm³/mol. The van der Waals surface area contributed by atoms with Gasteiger partial charge in [0.25, 0.3) is 5.91 Å². The van der Waals surface area contributed by atoms with Crippen LogP contribution < -0.4 is 10.7 Å². The summed E-state index contributed by atoms with van der Waals surface area (Å²) in [5, 5.41) is 16.8. The average Bonchev–Trinajstić information content (AvgIpc) is 3.65. The number of aryl methyl sites for hydroxylation is 1. The van der Waals surface area contributed by atoms with Crippen LogP contribution in [0.3, 0.4) is 0 Å². The molecule has 4 atom stereocenters. The Kier molecular flexibility index (Phi) is 16.6. The van der Waals surface area contributed by atoms with Crippen LogP contribution in [-0.4, -0.2) is 161 Å². The first-order chi connectivity index (χ1) is 33.8. The molecular weight excluding hydrogens is 903 g/mol. The van der Waals surface area contributed by atoms with E-state index in [-0.39, 0.29) is 49.3 Å². The van der Waals surface area contributed by atoms with E-state index >= 15 is 0 Å². The number of hydrogen-bond acceptors (Lipinski definition) is 11. The highest BCUT2D eigenvalue weighted by Crippen LogP contribution is 2.42. The number of nitrogens with zero attached hydrogens (tertiary/aromatic N) is 7. The largest absolute Gasteiger partial charge is 0.508 e. The number of phenols is 1. The van der Waals surface area contributed by atoms with Crippen molar-refractivity contribution < 1.29 is 38.6 Å². The zero-order chi connectivity index (χ0) is 51.3. The topological polar surface area (TPSA) is 182 Å². The van der Waals surface area contributed by atoms with Crippen LogP contribution in [-0.2, 0) is 48.0 Å². The highest BCUT2D eigenvalue weighted by atomic mass is 16.5. The summed E-state index contributed by atoms with van der Waals surface area (Å²) in [5.74, 6) is -1.98. The Morgan fingerprint density at radius 3 is 2.42 bits per heavy atom. The molecule has 4 aromatic rings. The van der Waals surface area contributed by atoms with E-state index < -0.39 is 41.3 Å². The standard InChI is InChI=1S/C54H73N9O8/c1-11-62-45-19-18-37-31-41(45)42(49(62)40-15-12-20-55-47(40)35(4)70-10)32-54(5,6)33-71-52(68)43-16-13-22-63(57-43)51(67)44(29-36-27-38(37)30-39(64)28-36)56-50(66)48(34(2)3)59(9)53(69)61-25-23-60(24-26-61)46(65)17-14-21-58(7)8/h12,14-15,17-20,27-28,30-31,34-35,43-44,48,57,64H,11,13,16,21-26,29,32-33H2,1-10H3,(H,56,66)/b17-14+/t35-,43-,44-,48?/m0/s1. The number of methoxy groups -OCH3 is 1. The van der Waals surface area contributed by atoms with Gasteiger partial charge >= 0.3 is 12.0 Å². The minimum Gasteiger partial charge on any atom is -0.508 e. The number of benzene rings is 2. The molecule has 2 fully saturated rings. The summed E-state index contributed by atoms with van der Waals surface area (Å²) in [6, 6.07) is 12.1. The maximum atomic E-state index is 14.8. The number of amides is 5. The van der Waals surface area contributed by atoms with Crippen molar-refractivity contribution in [1.29, 1.82) is 0 Å². The van der Waals surface area contributed by atoms with Gasteiger partial charge in [-0.1, -0.05) is 45.9 Å². The van der Waals surface area contributed by atoms with Crippen LogP contribution >= 0.6 is 0 Å². The first-order valence-corrected chi connectivity index (χ1v) is 24.9. The number of fused-ring (bicyclic) bond motifs is 6. The molecule has 2 aromatic carbocycles. The fourth-order valence-electron chi connectivity index (χ4n) is 10.2. The smallest absolute Gasteiger partial charge is 0.324 e. The highest BCUT2D eigenvalue weighted by molar-refractivity contribution is 5.96. The number of urea groups is 1. The van der Waals surface area contributed by atoms with Crippen molar-refractivity contribution in [2.45, 2.75) is 98.0 Å². The van der Waals surface area contributed by atoms with Gasteiger partial charge in [-0.25, -0.2) is 10.2 Å². The van der Waals surface area contributed by atoms with Gasteiger partial charge in [-0.05, 0) is 112 Å². The fraction of sp³-hybridized carbons (Fsp3) is 0.519. The Bertz CT molecular complexity index is 2630. The number of rotatable bonds is 11. The van der Waals surface area contributed by atoms with E-state index in [0.717, 1.165) is 39.0 Å². The van der Waals surface area contributed by atoms with Crippen LogP contribution in [0, 0.1) is 11.3 Å². The number of ether oxygens (including phenoxy) is 2. The Balaban J connectivity index is 1.24.